The molecule has 28 heavy (non-hydrogen) atoms. The lowest BCUT2D eigenvalue weighted by molar-refractivity contribution is 0.589. The van der Waals surface area contributed by atoms with Crippen molar-refractivity contribution in [2.24, 2.45) is 0 Å². The fraction of sp³-hybridized carbons (Fsp3) is 0.208. The van der Waals surface area contributed by atoms with Crippen molar-refractivity contribution in [3.05, 3.63) is 72.6 Å². The number of hydrogen-bond donors (Lipinski definition) is 1. The smallest absolute Gasteiger partial charge is 0.153 e. The number of aryl methyl sites for hydroxylation is 1. The van der Waals surface area contributed by atoms with Crippen molar-refractivity contribution in [3.63, 3.8) is 0 Å². The van der Waals surface area contributed by atoms with Crippen LogP contribution in [0.2, 0.25) is 0 Å². The molecular formula is C24H23N3O. The number of piperazine rings is 1. The second kappa shape index (κ2) is 7.13. The van der Waals surface area contributed by atoms with Gasteiger partial charge in [0.05, 0.1) is 0 Å². The molecule has 140 valence electrons. The van der Waals surface area contributed by atoms with Crippen molar-refractivity contribution >= 4 is 16.8 Å². The Morgan fingerprint density at radius 1 is 0.893 bits per heavy atom. The lowest BCUT2D eigenvalue weighted by Gasteiger charge is -2.29. The molecule has 1 aliphatic rings. The van der Waals surface area contributed by atoms with E-state index in [4.69, 9.17) is 9.40 Å². The molecule has 1 fully saturated rings. The molecule has 3 heterocycles. The number of pyridine rings is 1. The first-order valence-electron chi connectivity index (χ1n) is 9.78. The van der Waals surface area contributed by atoms with Crippen molar-refractivity contribution in [1.29, 1.82) is 0 Å². The van der Waals surface area contributed by atoms with Crippen LogP contribution in [-0.2, 0) is 0 Å². The fourth-order valence-corrected chi connectivity index (χ4v) is 3.80. The van der Waals surface area contributed by atoms with Gasteiger partial charge in [-0.3, -0.25) is 4.98 Å². The average molecular weight is 369 g/mol. The SMILES string of the molecule is Cc1ccc(-c2coc3cc(-c4ccc(N5CCNCC5)cc4)cnc23)cc1. The fourth-order valence-electron chi connectivity index (χ4n) is 3.80. The van der Waals surface area contributed by atoms with Gasteiger partial charge in [0.15, 0.2) is 5.58 Å². The summed E-state index contributed by atoms with van der Waals surface area (Å²) in [5.41, 5.74) is 8.64. The molecule has 0 amide bonds. The van der Waals surface area contributed by atoms with Gasteiger partial charge in [-0.15, -0.1) is 0 Å². The number of aromatic nitrogens is 1. The molecule has 4 aromatic rings. The Morgan fingerprint density at radius 2 is 1.61 bits per heavy atom. The van der Waals surface area contributed by atoms with Crippen LogP contribution in [0.3, 0.4) is 0 Å². The van der Waals surface area contributed by atoms with Gasteiger partial charge in [0.2, 0.25) is 0 Å². The predicted octanol–water partition coefficient (Wildman–Crippen LogP) is 4.88. The highest BCUT2D eigenvalue weighted by atomic mass is 16.3. The Hall–Kier alpha value is -3.11. The summed E-state index contributed by atoms with van der Waals surface area (Å²) in [4.78, 5) is 7.13. The minimum Gasteiger partial charge on any atom is -0.462 e. The summed E-state index contributed by atoms with van der Waals surface area (Å²) in [5, 5.41) is 3.39. The molecule has 4 heteroatoms. The minimum atomic E-state index is 0.819. The van der Waals surface area contributed by atoms with Crippen LogP contribution < -0.4 is 10.2 Å². The minimum absolute atomic E-state index is 0.819. The Labute approximate surface area is 164 Å². The van der Waals surface area contributed by atoms with Crippen LogP contribution in [-0.4, -0.2) is 31.2 Å². The van der Waals surface area contributed by atoms with Crippen LogP contribution in [0.1, 0.15) is 5.56 Å². The number of nitrogens with one attached hydrogen (secondary N) is 1. The van der Waals surface area contributed by atoms with Gasteiger partial charge in [-0.2, -0.15) is 0 Å². The molecule has 0 aliphatic carbocycles. The average Bonchev–Trinajstić information content (AvgIpc) is 3.18. The van der Waals surface area contributed by atoms with Gasteiger partial charge in [-0.25, -0.2) is 0 Å². The second-order valence-corrected chi connectivity index (χ2v) is 7.37. The molecule has 2 aromatic carbocycles. The summed E-state index contributed by atoms with van der Waals surface area (Å²) >= 11 is 0. The molecule has 1 N–H and O–H groups in total. The van der Waals surface area contributed by atoms with Crippen molar-refractivity contribution in [1.82, 2.24) is 10.3 Å². The molecule has 1 saturated heterocycles. The zero-order valence-corrected chi connectivity index (χ0v) is 16.0. The van der Waals surface area contributed by atoms with Gasteiger partial charge in [-0.1, -0.05) is 42.0 Å². The zero-order valence-electron chi connectivity index (χ0n) is 16.0. The van der Waals surface area contributed by atoms with E-state index >= 15 is 0 Å². The number of anilines is 1. The van der Waals surface area contributed by atoms with E-state index in [1.807, 2.05) is 6.20 Å². The maximum atomic E-state index is 5.84. The van der Waals surface area contributed by atoms with Gasteiger partial charge in [0.1, 0.15) is 11.8 Å². The molecule has 0 spiro atoms. The van der Waals surface area contributed by atoms with Gasteiger partial charge < -0.3 is 14.6 Å². The lowest BCUT2D eigenvalue weighted by atomic mass is 10.0. The van der Waals surface area contributed by atoms with Crippen LogP contribution in [0.5, 0.6) is 0 Å². The first-order chi connectivity index (χ1) is 13.8. The van der Waals surface area contributed by atoms with E-state index in [-0.39, 0.29) is 0 Å². The molecule has 0 bridgehead atoms. The Balaban J connectivity index is 1.44. The molecule has 2 aromatic heterocycles. The van der Waals surface area contributed by atoms with Crippen molar-refractivity contribution < 1.29 is 4.42 Å². The topological polar surface area (TPSA) is 41.3 Å². The standard InChI is InChI=1S/C24H23N3O/c1-17-2-4-19(5-3-17)22-16-28-23-14-20(15-26-24(22)23)18-6-8-21(9-7-18)27-12-10-25-11-13-27/h2-9,14-16,25H,10-13H2,1H3. The number of furan rings is 1. The van der Waals surface area contributed by atoms with Crippen LogP contribution in [0.15, 0.2) is 71.5 Å². The van der Waals surface area contributed by atoms with Gasteiger partial charge >= 0.3 is 0 Å². The van der Waals surface area contributed by atoms with Gasteiger partial charge in [0, 0.05) is 49.2 Å². The lowest BCUT2D eigenvalue weighted by Crippen LogP contribution is -2.43. The molecule has 0 saturated carbocycles. The first kappa shape index (κ1) is 17.0. The van der Waals surface area contributed by atoms with Crippen LogP contribution >= 0.6 is 0 Å². The third kappa shape index (κ3) is 3.16. The monoisotopic (exact) mass is 369 g/mol. The third-order valence-electron chi connectivity index (χ3n) is 5.46. The quantitative estimate of drug-likeness (QED) is 0.559. The zero-order chi connectivity index (χ0) is 18.9. The van der Waals surface area contributed by atoms with Crippen LogP contribution in [0.4, 0.5) is 5.69 Å². The number of hydrogen-bond acceptors (Lipinski definition) is 4. The van der Waals surface area contributed by atoms with E-state index in [9.17, 15) is 0 Å². The number of benzene rings is 2. The Kier molecular flexibility index (Phi) is 4.34. The molecular weight excluding hydrogens is 346 g/mol. The van der Waals surface area contributed by atoms with Crippen molar-refractivity contribution in [2.45, 2.75) is 6.92 Å². The summed E-state index contributed by atoms with van der Waals surface area (Å²) in [7, 11) is 0. The molecule has 0 unspecified atom stereocenters. The Morgan fingerprint density at radius 3 is 2.36 bits per heavy atom. The molecule has 4 nitrogen and oxygen atoms in total. The van der Waals surface area contributed by atoms with Crippen LogP contribution in [0, 0.1) is 6.92 Å². The summed E-state index contributed by atoms with van der Waals surface area (Å²) < 4.78 is 5.84. The highest BCUT2D eigenvalue weighted by Crippen LogP contribution is 2.32. The van der Waals surface area contributed by atoms with Gasteiger partial charge in [0.25, 0.3) is 0 Å². The van der Waals surface area contributed by atoms with Gasteiger partial charge in [-0.05, 0) is 36.2 Å². The van der Waals surface area contributed by atoms with E-state index < -0.39 is 0 Å². The summed E-state index contributed by atoms with van der Waals surface area (Å²) in [6, 6.07) is 19.3. The van der Waals surface area contributed by atoms with Crippen molar-refractivity contribution in [2.75, 3.05) is 31.1 Å². The predicted molar refractivity (Wildman–Crippen MR) is 115 cm³/mol. The van der Waals surface area contributed by atoms with E-state index in [1.54, 1.807) is 6.26 Å². The third-order valence-corrected chi connectivity index (χ3v) is 5.46. The van der Waals surface area contributed by atoms with E-state index in [2.05, 4.69) is 71.7 Å². The van der Waals surface area contributed by atoms with Crippen LogP contribution in [0.25, 0.3) is 33.4 Å². The maximum absolute atomic E-state index is 5.84. The molecule has 1 aliphatic heterocycles. The number of fused-ring (bicyclic) bond motifs is 1. The highest BCUT2D eigenvalue weighted by Gasteiger charge is 2.13. The van der Waals surface area contributed by atoms with E-state index in [0.29, 0.717) is 0 Å². The molecule has 0 radical (unpaired) electrons. The summed E-state index contributed by atoms with van der Waals surface area (Å²) in [6.45, 7) is 6.30. The Bertz CT molecular complexity index is 1090. The summed E-state index contributed by atoms with van der Waals surface area (Å²) in [5.74, 6) is 0. The van der Waals surface area contributed by atoms with Crippen molar-refractivity contribution in [3.8, 4) is 22.3 Å². The number of nitrogens with zero attached hydrogens (tertiary/aromatic N) is 2. The van der Waals surface area contributed by atoms with E-state index in [0.717, 1.165) is 59.5 Å². The first-order valence-corrected chi connectivity index (χ1v) is 9.78. The number of rotatable bonds is 3. The largest absolute Gasteiger partial charge is 0.462 e. The molecule has 5 rings (SSSR count). The maximum Gasteiger partial charge on any atom is 0.153 e. The van der Waals surface area contributed by atoms with E-state index in [1.165, 1.54) is 11.3 Å². The molecule has 0 atom stereocenters. The normalized spacial score (nSPS) is 14.5. The second-order valence-electron chi connectivity index (χ2n) is 7.37. The highest BCUT2D eigenvalue weighted by molar-refractivity contribution is 5.92. The summed E-state index contributed by atoms with van der Waals surface area (Å²) in [6.07, 6.45) is 3.75.